The van der Waals surface area contributed by atoms with E-state index < -0.39 is 5.91 Å². The average molecular weight is 514 g/mol. The molecule has 3 aromatic rings. The molecule has 1 aromatic heterocycles. The number of halogens is 1. The number of hydrogen-bond donors (Lipinski definition) is 1. The molecule has 0 unspecified atom stereocenters. The third-order valence-electron chi connectivity index (χ3n) is 5.35. The van der Waals surface area contributed by atoms with Crippen molar-refractivity contribution in [3.63, 3.8) is 0 Å². The van der Waals surface area contributed by atoms with Gasteiger partial charge >= 0.3 is 5.91 Å². The zero-order chi connectivity index (χ0) is 23.2. The first kappa shape index (κ1) is 22.9. The minimum Gasteiger partial charge on any atom is -0.497 e. The van der Waals surface area contributed by atoms with Crippen molar-refractivity contribution in [2.75, 3.05) is 26.8 Å². The molecule has 10 heteroatoms. The molecular formula is C23H24BrN5O4. The maximum absolute atomic E-state index is 12.1. The maximum atomic E-state index is 12.1. The number of nitrogens with zero attached hydrogens (tertiary/aromatic N) is 5. The van der Waals surface area contributed by atoms with Gasteiger partial charge in [-0.25, -0.2) is 0 Å². The molecule has 9 nitrogen and oxygen atoms in total. The van der Waals surface area contributed by atoms with Crippen LogP contribution < -0.4 is 4.74 Å². The van der Waals surface area contributed by atoms with Gasteiger partial charge in [0.25, 0.3) is 0 Å². The molecule has 1 aliphatic heterocycles. The monoisotopic (exact) mass is 513 g/mol. The largest absolute Gasteiger partial charge is 0.497 e. The number of hydrogen-bond acceptors (Lipinski definition) is 7. The summed E-state index contributed by atoms with van der Waals surface area (Å²) in [5.41, 5.74) is 1.87. The number of aromatic nitrogens is 1. The van der Waals surface area contributed by atoms with Crippen molar-refractivity contribution < 1.29 is 19.5 Å². The summed E-state index contributed by atoms with van der Waals surface area (Å²) in [6.07, 6.45) is 3.78. The molecule has 0 saturated carbocycles. The second-order valence-corrected chi connectivity index (χ2v) is 8.52. The normalized spacial score (nSPS) is 14.6. The molecule has 172 valence electrons. The fourth-order valence-electron chi connectivity index (χ4n) is 3.68. The Labute approximate surface area is 199 Å². The Morgan fingerprint density at radius 3 is 2.67 bits per heavy atom. The van der Waals surface area contributed by atoms with E-state index in [1.165, 1.54) is 6.21 Å². The van der Waals surface area contributed by atoms with E-state index in [9.17, 15) is 9.90 Å². The predicted molar refractivity (Wildman–Crippen MR) is 128 cm³/mol. The second kappa shape index (κ2) is 10.6. The number of amides is 1. The van der Waals surface area contributed by atoms with Crippen LogP contribution in [-0.2, 0) is 16.3 Å². The molecule has 1 fully saturated rings. The van der Waals surface area contributed by atoms with Gasteiger partial charge < -0.3 is 14.7 Å². The van der Waals surface area contributed by atoms with E-state index in [1.54, 1.807) is 23.8 Å². The van der Waals surface area contributed by atoms with Crippen LogP contribution in [0, 0.1) is 0 Å². The fourth-order valence-corrected chi connectivity index (χ4v) is 4.04. The molecule has 1 saturated heterocycles. The van der Waals surface area contributed by atoms with E-state index in [0.29, 0.717) is 12.1 Å². The lowest BCUT2D eigenvalue weighted by molar-refractivity contribution is -0.122. The fraction of sp³-hybridized carbons (Fsp3) is 0.304. The summed E-state index contributed by atoms with van der Waals surface area (Å²) in [4.78, 5) is 19.4. The standard InChI is InChI=1S/C23H24BrN5O4/c1-32-18-7-4-16(5-8-18)13-25-33-14-21(30)26-27-22-19-12-17(24)6-9-20(19)29(23(22)31)15-28-10-2-3-11-28/h4-9,12-13,31H,2-3,10-11,14-15H2,1H3. The smallest absolute Gasteiger partial charge is 0.304 e. The highest BCUT2D eigenvalue weighted by Crippen LogP contribution is 2.40. The predicted octanol–water partition coefficient (Wildman–Crippen LogP) is 4.83. The highest BCUT2D eigenvalue weighted by Gasteiger charge is 2.20. The zero-order valence-electron chi connectivity index (χ0n) is 18.1. The number of methoxy groups -OCH3 is 1. The highest BCUT2D eigenvalue weighted by atomic mass is 79.9. The molecule has 0 aliphatic carbocycles. The lowest BCUT2D eigenvalue weighted by Crippen LogP contribution is -2.22. The number of ether oxygens (including phenoxy) is 1. The van der Waals surface area contributed by atoms with Crippen molar-refractivity contribution in [3.05, 3.63) is 52.5 Å². The molecule has 1 amide bonds. The first-order valence-corrected chi connectivity index (χ1v) is 11.3. The first-order chi connectivity index (χ1) is 16.0. The zero-order valence-corrected chi connectivity index (χ0v) is 19.7. The Kier molecular flexibility index (Phi) is 7.36. The number of rotatable bonds is 8. The van der Waals surface area contributed by atoms with Crippen molar-refractivity contribution >= 4 is 44.6 Å². The molecule has 0 radical (unpaired) electrons. The molecule has 1 N–H and O–H groups in total. The number of aromatic hydroxyl groups is 1. The summed E-state index contributed by atoms with van der Waals surface area (Å²) in [6.45, 7) is 2.16. The van der Waals surface area contributed by atoms with Crippen LogP contribution in [0.3, 0.4) is 0 Å². The lowest BCUT2D eigenvalue weighted by atomic mass is 10.2. The second-order valence-electron chi connectivity index (χ2n) is 7.60. The maximum Gasteiger partial charge on any atom is 0.304 e. The summed E-state index contributed by atoms with van der Waals surface area (Å²) in [7, 11) is 1.59. The number of carbonyl (C=O) groups is 1. The molecule has 2 aromatic carbocycles. The van der Waals surface area contributed by atoms with Crippen LogP contribution in [0.15, 0.2) is 62.3 Å². The van der Waals surface area contributed by atoms with Gasteiger partial charge in [0.05, 0.1) is 25.5 Å². The summed E-state index contributed by atoms with van der Waals surface area (Å²) in [5, 5.41) is 23.1. The van der Waals surface area contributed by atoms with Crippen molar-refractivity contribution in [3.8, 4) is 11.6 Å². The minimum absolute atomic E-state index is 0.0232. The Hall–Kier alpha value is -3.24. The van der Waals surface area contributed by atoms with E-state index in [-0.39, 0.29) is 18.2 Å². The van der Waals surface area contributed by atoms with Crippen LogP contribution in [0.4, 0.5) is 5.69 Å². The van der Waals surface area contributed by atoms with Gasteiger partial charge in [-0.2, -0.15) is 0 Å². The molecule has 0 atom stereocenters. The summed E-state index contributed by atoms with van der Waals surface area (Å²) in [5.74, 6) is 0.0995. The van der Waals surface area contributed by atoms with Gasteiger partial charge in [-0.3, -0.25) is 14.3 Å². The molecule has 2 heterocycles. The summed E-state index contributed by atoms with van der Waals surface area (Å²) >= 11 is 3.45. The van der Waals surface area contributed by atoms with Gasteiger partial charge in [0.2, 0.25) is 5.88 Å². The van der Waals surface area contributed by atoms with Gasteiger partial charge in [-0.05, 0) is 74.0 Å². The van der Waals surface area contributed by atoms with E-state index in [2.05, 4.69) is 36.2 Å². The Bertz CT molecular complexity index is 1180. The Morgan fingerprint density at radius 2 is 1.94 bits per heavy atom. The number of likely N-dealkylation sites (tertiary alicyclic amines) is 1. The third kappa shape index (κ3) is 5.58. The molecule has 0 bridgehead atoms. The van der Waals surface area contributed by atoms with Gasteiger partial charge in [-0.15, -0.1) is 10.2 Å². The van der Waals surface area contributed by atoms with Crippen LogP contribution >= 0.6 is 15.9 Å². The van der Waals surface area contributed by atoms with E-state index in [1.807, 2.05) is 30.3 Å². The average Bonchev–Trinajstić information content (AvgIpc) is 3.42. The minimum atomic E-state index is -0.614. The van der Waals surface area contributed by atoms with E-state index in [4.69, 9.17) is 9.57 Å². The topological polar surface area (TPSA) is 101 Å². The van der Waals surface area contributed by atoms with Crippen LogP contribution in [0.2, 0.25) is 0 Å². The number of fused-ring (bicyclic) bond motifs is 1. The van der Waals surface area contributed by atoms with Gasteiger partial charge in [0, 0.05) is 9.86 Å². The molecule has 0 spiro atoms. The lowest BCUT2D eigenvalue weighted by Gasteiger charge is -2.17. The molecule has 1 aliphatic rings. The van der Waals surface area contributed by atoms with Crippen LogP contribution in [-0.4, -0.2) is 53.5 Å². The summed E-state index contributed by atoms with van der Waals surface area (Å²) < 4.78 is 7.73. The SMILES string of the molecule is COc1ccc(C=NOCC(=O)N=Nc2c(O)n(CN3CCCC3)c3ccc(Br)cc23)cc1. The van der Waals surface area contributed by atoms with Crippen molar-refractivity contribution in [2.45, 2.75) is 19.5 Å². The summed E-state index contributed by atoms with van der Waals surface area (Å²) in [6, 6.07) is 12.9. The Balaban J connectivity index is 1.44. The van der Waals surface area contributed by atoms with Gasteiger partial charge in [0.15, 0.2) is 12.3 Å². The van der Waals surface area contributed by atoms with Crippen LogP contribution in [0.5, 0.6) is 11.6 Å². The van der Waals surface area contributed by atoms with E-state index in [0.717, 1.165) is 47.2 Å². The number of benzene rings is 2. The molecule has 4 rings (SSSR count). The van der Waals surface area contributed by atoms with Gasteiger partial charge in [0.1, 0.15) is 5.75 Å². The number of azo groups is 1. The molecular weight excluding hydrogens is 490 g/mol. The Morgan fingerprint density at radius 1 is 1.18 bits per heavy atom. The van der Waals surface area contributed by atoms with Crippen LogP contribution in [0.25, 0.3) is 10.9 Å². The first-order valence-electron chi connectivity index (χ1n) is 10.5. The van der Waals surface area contributed by atoms with Crippen molar-refractivity contribution in [1.29, 1.82) is 0 Å². The number of oxime groups is 1. The van der Waals surface area contributed by atoms with Crippen LogP contribution in [0.1, 0.15) is 18.4 Å². The van der Waals surface area contributed by atoms with E-state index >= 15 is 0 Å². The van der Waals surface area contributed by atoms with Gasteiger partial charge in [-0.1, -0.05) is 21.1 Å². The quantitative estimate of drug-likeness (QED) is 0.264. The van der Waals surface area contributed by atoms with Crippen molar-refractivity contribution in [2.24, 2.45) is 15.4 Å². The highest BCUT2D eigenvalue weighted by molar-refractivity contribution is 9.10. The van der Waals surface area contributed by atoms with Crippen molar-refractivity contribution in [1.82, 2.24) is 9.47 Å². The third-order valence-corrected chi connectivity index (χ3v) is 5.85. The number of carbonyl (C=O) groups excluding carboxylic acids is 1. The molecule has 33 heavy (non-hydrogen) atoms.